The molecule has 0 aliphatic heterocycles. The zero-order chi connectivity index (χ0) is 21.6. The lowest BCUT2D eigenvalue weighted by Crippen LogP contribution is -2.15. The van der Waals surface area contributed by atoms with Gasteiger partial charge in [0, 0.05) is 28.4 Å². The van der Waals surface area contributed by atoms with E-state index in [-0.39, 0.29) is 17.7 Å². The number of methoxy groups -OCH3 is 1. The lowest BCUT2D eigenvalue weighted by molar-refractivity contribution is -0.117. The van der Waals surface area contributed by atoms with Crippen molar-refractivity contribution in [1.82, 2.24) is 0 Å². The lowest BCUT2D eigenvalue weighted by atomic mass is 10.0. The highest BCUT2D eigenvalue weighted by Gasteiger charge is 2.29. The second-order valence-electron chi connectivity index (χ2n) is 7.46. The largest absolute Gasteiger partial charge is 0.496 e. The summed E-state index contributed by atoms with van der Waals surface area (Å²) in [7, 11) is 1.61. The standard InChI is InChI=1S/C26H24N2O3/c1-31-24-10-6-5-9-20(24)17-23(18-7-3-2-4-8-18)26(30)28-22-15-13-21(14-16-22)27-25(29)19-11-12-19/h2-10,13-17,19H,11-12H2,1H3,(H,27,29)(H,28,30)/b23-17+. The van der Waals surface area contributed by atoms with Crippen LogP contribution in [0.15, 0.2) is 78.9 Å². The molecule has 3 aromatic rings. The molecular weight excluding hydrogens is 388 g/mol. The average Bonchev–Trinajstić information content (AvgIpc) is 3.65. The minimum absolute atomic E-state index is 0.0582. The van der Waals surface area contributed by atoms with Crippen molar-refractivity contribution in [1.29, 1.82) is 0 Å². The number of para-hydroxylation sites is 1. The summed E-state index contributed by atoms with van der Waals surface area (Å²) in [6.07, 6.45) is 3.75. The maximum Gasteiger partial charge on any atom is 0.256 e. The van der Waals surface area contributed by atoms with Gasteiger partial charge >= 0.3 is 0 Å². The van der Waals surface area contributed by atoms with Gasteiger partial charge in [-0.15, -0.1) is 0 Å². The van der Waals surface area contributed by atoms with Gasteiger partial charge in [-0.05, 0) is 54.8 Å². The van der Waals surface area contributed by atoms with E-state index in [4.69, 9.17) is 4.74 Å². The summed E-state index contributed by atoms with van der Waals surface area (Å²) in [4.78, 5) is 25.1. The van der Waals surface area contributed by atoms with Gasteiger partial charge in [0.1, 0.15) is 5.75 Å². The Morgan fingerprint density at radius 3 is 2.10 bits per heavy atom. The lowest BCUT2D eigenvalue weighted by Gasteiger charge is -2.12. The van der Waals surface area contributed by atoms with Gasteiger partial charge in [0.05, 0.1) is 7.11 Å². The molecule has 0 unspecified atom stereocenters. The van der Waals surface area contributed by atoms with Crippen molar-refractivity contribution in [2.45, 2.75) is 12.8 Å². The van der Waals surface area contributed by atoms with E-state index in [0.29, 0.717) is 17.0 Å². The number of carbonyl (C=O) groups is 2. The Morgan fingerprint density at radius 2 is 1.45 bits per heavy atom. The first-order valence-corrected chi connectivity index (χ1v) is 10.3. The fourth-order valence-corrected chi connectivity index (χ4v) is 3.26. The second kappa shape index (κ2) is 9.30. The summed E-state index contributed by atoms with van der Waals surface area (Å²) in [5, 5.41) is 5.85. The molecule has 5 heteroatoms. The van der Waals surface area contributed by atoms with E-state index >= 15 is 0 Å². The number of nitrogens with one attached hydrogen (secondary N) is 2. The summed E-state index contributed by atoms with van der Waals surface area (Å²) in [5.41, 5.74) is 3.52. The number of carbonyl (C=O) groups excluding carboxylic acids is 2. The van der Waals surface area contributed by atoms with Crippen LogP contribution in [0.1, 0.15) is 24.0 Å². The van der Waals surface area contributed by atoms with Gasteiger partial charge in [-0.2, -0.15) is 0 Å². The smallest absolute Gasteiger partial charge is 0.256 e. The molecule has 0 spiro atoms. The van der Waals surface area contributed by atoms with Crippen LogP contribution < -0.4 is 15.4 Å². The zero-order valence-corrected chi connectivity index (χ0v) is 17.3. The van der Waals surface area contributed by atoms with Crippen molar-refractivity contribution in [3.05, 3.63) is 90.0 Å². The van der Waals surface area contributed by atoms with Gasteiger partial charge in [-0.1, -0.05) is 48.5 Å². The van der Waals surface area contributed by atoms with E-state index in [2.05, 4.69) is 10.6 Å². The molecule has 1 saturated carbocycles. The van der Waals surface area contributed by atoms with E-state index in [1.807, 2.05) is 60.7 Å². The molecular formula is C26H24N2O3. The number of amides is 2. The van der Waals surface area contributed by atoms with Crippen LogP contribution in [0.5, 0.6) is 5.75 Å². The van der Waals surface area contributed by atoms with Crippen molar-refractivity contribution < 1.29 is 14.3 Å². The predicted octanol–water partition coefficient (Wildman–Crippen LogP) is 5.22. The van der Waals surface area contributed by atoms with Crippen LogP contribution in [0, 0.1) is 5.92 Å². The normalized spacial score (nSPS) is 13.4. The Labute approximate surface area is 181 Å². The first kappa shape index (κ1) is 20.4. The fourth-order valence-electron chi connectivity index (χ4n) is 3.26. The minimum Gasteiger partial charge on any atom is -0.496 e. The van der Waals surface area contributed by atoms with E-state index in [9.17, 15) is 9.59 Å². The molecule has 1 aliphatic carbocycles. The number of benzene rings is 3. The number of anilines is 2. The molecule has 1 aliphatic rings. The van der Waals surface area contributed by atoms with Gasteiger partial charge in [0.2, 0.25) is 5.91 Å². The summed E-state index contributed by atoms with van der Waals surface area (Å²) >= 11 is 0. The first-order chi connectivity index (χ1) is 15.1. The van der Waals surface area contributed by atoms with Crippen molar-refractivity contribution >= 4 is 34.8 Å². The fraction of sp³-hybridized carbons (Fsp3) is 0.154. The molecule has 0 radical (unpaired) electrons. The Kier molecular flexibility index (Phi) is 6.13. The third-order valence-corrected chi connectivity index (χ3v) is 5.13. The summed E-state index contributed by atoms with van der Waals surface area (Å²) in [6.45, 7) is 0. The van der Waals surface area contributed by atoms with Gasteiger partial charge < -0.3 is 15.4 Å². The van der Waals surface area contributed by atoms with Gasteiger partial charge in [0.15, 0.2) is 0 Å². The van der Waals surface area contributed by atoms with Crippen molar-refractivity contribution in [2.75, 3.05) is 17.7 Å². The quantitative estimate of drug-likeness (QED) is 0.413. The minimum atomic E-state index is -0.230. The molecule has 0 atom stereocenters. The predicted molar refractivity (Wildman–Crippen MR) is 124 cm³/mol. The second-order valence-corrected chi connectivity index (χ2v) is 7.46. The van der Waals surface area contributed by atoms with Gasteiger partial charge in [-0.25, -0.2) is 0 Å². The number of ether oxygens (including phenoxy) is 1. The van der Waals surface area contributed by atoms with E-state index in [0.717, 1.165) is 29.7 Å². The molecule has 0 saturated heterocycles. The summed E-state index contributed by atoms with van der Waals surface area (Å²) < 4.78 is 5.44. The molecule has 1 fully saturated rings. The van der Waals surface area contributed by atoms with E-state index in [1.54, 1.807) is 31.4 Å². The van der Waals surface area contributed by atoms with Crippen LogP contribution >= 0.6 is 0 Å². The van der Waals surface area contributed by atoms with Crippen molar-refractivity contribution in [3.63, 3.8) is 0 Å². The highest BCUT2D eigenvalue weighted by Crippen LogP contribution is 2.30. The molecule has 2 amide bonds. The molecule has 3 aromatic carbocycles. The molecule has 5 nitrogen and oxygen atoms in total. The van der Waals surface area contributed by atoms with Crippen molar-refractivity contribution in [2.24, 2.45) is 5.92 Å². The molecule has 0 heterocycles. The monoisotopic (exact) mass is 412 g/mol. The van der Waals surface area contributed by atoms with Crippen LogP contribution in [0.4, 0.5) is 11.4 Å². The SMILES string of the molecule is COc1ccccc1/C=C(/C(=O)Nc1ccc(NC(=O)C2CC2)cc1)c1ccccc1. The number of hydrogen-bond donors (Lipinski definition) is 2. The van der Waals surface area contributed by atoms with Gasteiger partial charge in [0.25, 0.3) is 5.91 Å². The number of hydrogen-bond acceptors (Lipinski definition) is 3. The zero-order valence-electron chi connectivity index (χ0n) is 17.3. The van der Waals surface area contributed by atoms with Crippen LogP contribution in [-0.4, -0.2) is 18.9 Å². The Balaban J connectivity index is 1.56. The molecule has 0 aromatic heterocycles. The van der Waals surface area contributed by atoms with Gasteiger partial charge in [-0.3, -0.25) is 9.59 Å². The average molecular weight is 412 g/mol. The highest BCUT2D eigenvalue weighted by atomic mass is 16.5. The van der Waals surface area contributed by atoms with E-state index in [1.165, 1.54) is 0 Å². The molecule has 4 rings (SSSR count). The van der Waals surface area contributed by atoms with E-state index < -0.39 is 0 Å². The van der Waals surface area contributed by atoms with Crippen LogP contribution in [0.3, 0.4) is 0 Å². The topological polar surface area (TPSA) is 67.4 Å². The molecule has 2 N–H and O–H groups in total. The van der Waals surface area contributed by atoms with Crippen LogP contribution in [0.25, 0.3) is 11.6 Å². The van der Waals surface area contributed by atoms with Crippen LogP contribution in [0.2, 0.25) is 0 Å². The maximum atomic E-state index is 13.2. The summed E-state index contributed by atoms with van der Waals surface area (Å²) in [6, 6.07) is 24.2. The molecule has 156 valence electrons. The third kappa shape index (κ3) is 5.20. The molecule has 31 heavy (non-hydrogen) atoms. The maximum absolute atomic E-state index is 13.2. The number of rotatable bonds is 7. The Morgan fingerprint density at radius 1 is 0.839 bits per heavy atom. The Hall–Kier alpha value is -3.86. The first-order valence-electron chi connectivity index (χ1n) is 10.3. The molecule has 0 bridgehead atoms. The third-order valence-electron chi connectivity index (χ3n) is 5.13. The summed E-state index contributed by atoms with van der Waals surface area (Å²) in [5.74, 6) is 0.669. The van der Waals surface area contributed by atoms with Crippen molar-refractivity contribution in [3.8, 4) is 5.75 Å². The highest BCUT2D eigenvalue weighted by molar-refractivity contribution is 6.29. The van der Waals surface area contributed by atoms with Crippen LogP contribution in [-0.2, 0) is 9.59 Å². The Bertz CT molecular complexity index is 1100.